The molecule has 31 atom stereocenters. The Morgan fingerprint density at radius 3 is 1.34 bits per heavy atom. The molecule has 0 spiro atoms. The van der Waals surface area contributed by atoms with Crippen molar-refractivity contribution in [2.75, 3.05) is 56.8 Å². The fourth-order valence-corrected chi connectivity index (χ4v) is 24.4. The lowest BCUT2D eigenvalue weighted by Crippen LogP contribution is -2.59. The molecule has 15 rings (SSSR count). The van der Waals surface area contributed by atoms with Gasteiger partial charge in [0.25, 0.3) is 0 Å². The predicted molar refractivity (Wildman–Crippen MR) is 432 cm³/mol. The molecule has 5 aliphatic heterocycles. The summed E-state index contributed by atoms with van der Waals surface area (Å²) < 4.78 is 87.3. The number of methoxy groups -OCH3 is 6. The van der Waals surface area contributed by atoms with E-state index in [0.29, 0.717) is 65.8 Å². The van der Waals surface area contributed by atoms with Crippen molar-refractivity contribution in [2.45, 2.75) is 291 Å². The van der Waals surface area contributed by atoms with Crippen molar-refractivity contribution < 1.29 is 90.6 Å². The van der Waals surface area contributed by atoms with E-state index in [1.54, 1.807) is 65.3 Å². The number of aromatic nitrogens is 2. The summed E-state index contributed by atoms with van der Waals surface area (Å²) in [6.07, 6.45) is 8.12. The van der Waals surface area contributed by atoms with Gasteiger partial charge in [-0.25, -0.2) is 9.97 Å². The molecule has 2 aromatic heterocycles. The van der Waals surface area contributed by atoms with Crippen molar-refractivity contribution in [3.05, 3.63) is 103 Å². The van der Waals surface area contributed by atoms with Gasteiger partial charge >= 0.3 is 11.9 Å². The van der Waals surface area contributed by atoms with Gasteiger partial charge in [0.05, 0.1) is 67.0 Å². The van der Waals surface area contributed by atoms with Crippen molar-refractivity contribution in [3.8, 4) is 21.1 Å². The molecule has 5 unspecified atom stereocenters. The highest BCUT2D eigenvalue weighted by Gasteiger charge is 2.60. The summed E-state index contributed by atoms with van der Waals surface area (Å²) in [6.45, 7) is 14.0. The second-order valence-corrected chi connectivity index (χ2v) is 37.0. The van der Waals surface area contributed by atoms with E-state index in [9.17, 15) is 19.5 Å². The Morgan fingerprint density at radius 2 is 0.930 bits per heavy atom. The lowest BCUT2D eigenvalue weighted by Gasteiger charge is -2.44. The van der Waals surface area contributed by atoms with Crippen LogP contribution in [0.5, 0.6) is 0 Å². The van der Waals surface area contributed by atoms with Crippen LogP contribution in [0.3, 0.4) is 0 Å². The van der Waals surface area contributed by atoms with Crippen molar-refractivity contribution in [3.63, 3.8) is 0 Å². The van der Waals surface area contributed by atoms with Gasteiger partial charge < -0.3 is 76.3 Å². The maximum absolute atomic E-state index is 15.2. The number of hydrogen-bond donors (Lipinski definition) is 1. The Morgan fingerprint density at radius 1 is 0.500 bits per heavy atom. The van der Waals surface area contributed by atoms with Gasteiger partial charge in [0.15, 0.2) is 30.4 Å². The molecule has 5 saturated heterocycles. The number of likely N-dealkylation sites (N-methyl/N-ethyl adjacent to an activating group) is 1. The number of aliphatic hydroxyl groups is 1. The van der Waals surface area contributed by atoms with Crippen molar-refractivity contribution in [2.24, 2.45) is 47.3 Å². The number of allylic oxidation sites excluding steroid dienone is 4. The van der Waals surface area contributed by atoms with Gasteiger partial charge in [-0.1, -0.05) is 87.3 Å². The number of carbonyl (C=O) groups is 4. The van der Waals surface area contributed by atoms with Crippen molar-refractivity contribution in [1.82, 2.24) is 14.9 Å². The fourth-order valence-electron chi connectivity index (χ4n) is 21.5. The average Bonchev–Trinajstić information content (AvgIpc) is 1.56. The Balaban J connectivity index is 0.000000192. The number of rotatable bonds is 17. The van der Waals surface area contributed by atoms with Crippen LogP contribution in [-0.4, -0.2) is 217 Å². The van der Waals surface area contributed by atoms with Gasteiger partial charge in [0.1, 0.15) is 58.8 Å². The van der Waals surface area contributed by atoms with E-state index >= 15 is 4.79 Å². The number of fused-ring (bicyclic) bond motifs is 16. The molecule has 6 aliphatic carbocycles. The molecule has 0 radical (unpaired) electrons. The maximum atomic E-state index is 15.2. The second kappa shape index (κ2) is 37.2. The third-order valence-electron chi connectivity index (χ3n) is 27.4. The molecule has 11 aliphatic rings. The van der Waals surface area contributed by atoms with Crippen LogP contribution in [0.4, 0.5) is 0 Å². The standard InChI is InChI=1S/C48H67ClN2O10S.C40H52ClNO9S/c1-10-29-12-11-13-37(61-39-19-18-36(51(5)6)25(3)57-39)24(2)42(53)34-22-32-31-20-30(60-48-45(56-9)44(55-8)43(54-7)26(4)58-48)21-35(31)46-41(40(32)33(34)23-38(52)59-29)50-47(62-46)27-14-16-28(49)17-15-27;1-7-23-9-8-10-30(43)19(2)34(45)28-17-26-25-15-24(51-40-37(48-6)36(47-5)35(46-4)20(3)49-40)16-29(25)38-33(32(26)27(28)18-31(44)50-23)42-39(52-38)21-11-13-22(41)14-12-21/h14-17,22,24-26,29-33,35-37,39-40,43-45,48H,10-13,18-21,23H2,1-9H3;11-14,17,19-20,23-27,29-30,32,35-37,40,43H,7-10,15-16,18H2,1-6H3/t24-,25?,26?,29+,30+,31+,32+,33-,35-,36+,37+,39+,40-,43+,44?,45+,48+;19-,20?,23+,24+,25+,26+,27-,29-,30+,32-,35+,36?,37+,40+/m11/s1. The van der Waals surface area contributed by atoms with E-state index in [0.717, 1.165) is 83.9 Å². The first-order valence-corrected chi connectivity index (χ1v) is 44.2. The summed E-state index contributed by atoms with van der Waals surface area (Å²) in [5.74, 6) is -2.40. The number of benzene rings is 2. The van der Waals surface area contributed by atoms with Crippen molar-refractivity contribution >= 4 is 69.4 Å². The molecule has 7 fully saturated rings. The fraction of sp³-hybridized carbons (Fsp3) is 0.705. The number of halogens is 2. The van der Waals surface area contributed by atoms with E-state index in [4.69, 9.17) is 99.5 Å². The topological polar surface area (TPSA) is 247 Å². The number of thiazole rings is 2. The van der Waals surface area contributed by atoms with Gasteiger partial charge in [0.2, 0.25) is 0 Å². The van der Waals surface area contributed by atoms with Gasteiger partial charge in [-0.2, -0.15) is 0 Å². The highest BCUT2D eigenvalue weighted by Crippen LogP contribution is 2.65. The van der Waals surface area contributed by atoms with Crippen LogP contribution >= 0.6 is 45.9 Å². The highest BCUT2D eigenvalue weighted by atomic mass is 35.5. The SMILES string of the molecule is CC[C@H]1CCC[C@H](O)[C@@H](C)C(=O)C2=C[C@H]3[C@@H]4C[C@H](O[C@@H]5OC(C)[C@H](OC)C(OC)[C@@H]5OC)C[C@H]4c4sc(-c5ccc(Cl)cc5)nc4[C@H]3[C@@H]2CC(=O)O1.CC[C@H]1CCC[C@H](O[C@H]2CC[C@H](N(C)C)C(C)O2)[C@@H](C)C(=O)C2=C[C@H]3[C@@H]4C[C@H](O[C@@H]5OC(C)[C@H](OC)C(OC)[C@@H]5OC)C[C@H]4c4sc(-c5ccc(Cl)cc5)nc4[C@H]3[C@@H]2CC(=O)O1. The summed E-state index contributed by atoms with van der Waals surface area (Å²) in [5.41, 5.74) is 5.20. The van der Waals surface area contributed by atoms with Crippen LogP contribution in [0.15, 0.2) is 71.8 Å². The molecular formula is C88H119Cl2N3O19S2. The van der Waals surface area contributed by atoms with Crippen LogP contribution in [0.1, 0.15) is 196 Å². The van der Waals surface area contributed by atoms with Crippen LogP contribution in [-0.2, 0) is 85.5 Å². The molecule has 2 aromatic carbocycles. The first kappa shape index (κ1) is 85.9. The largest absolute Gasteiger partial charge is 0.462 e. The number of ketones is 2. The first-order chi connectivity index (χ1) is 54.9. The molecule has 22 nitrogen and oxygen atoms in total. The van der Waals surface area contributed by atoms with Crippen LogP contribution in [0, 0.1) is 47.3 Å². The summed E-state index contributed by atoms with van der Waals surface area (Å²) in [7, 11) is 14.1. The zero-order chi connectivity index (χ0) is 80.8. The Hall–Kier alpha value is -4.52. The third-order valence-corrected chi connectivity index (χ3v) is 30.4. The highest BCUT2D eigenvalue weighted by molar-refractivity contribution is 7.15. The van der Waals surface area contributed by atoms with Crippen LogP contribution in [0.25, 0.3) is 21.1 Å². The molecule has 626 valence electrons. The van der Waals surface area contributed by atoms with Crippen LogP contribution < -0.4 is 0 Å². The number of aliphatic hydroxyl groups excluding tert-OH is 1. The van der Waals surface area contributed by atoms with Gasteiger partial charge in [-0.15, -0.1) is 22.7 Å². The molecule has 1 N–H and O–H groups in total. The summed E-state index contributed by atoms with van der Waals surface area (Å²) in [4.78, 5) is 72.6. The smallest absolute Gasteiger partial charge is 0.306 e. The third kappa shape index (κ3) is 17.4. The van der Waals surface area contributed by atoms with E-state index in [-0.39, 0.29) is 157 Å². The number of hydrogen-bond acceptors (Lipinski definition) is 24. The minimum absolute atomic E-state index is 0.00399. The van der Waals surface area contributed by atoms with E-state index in [2.05, 4.69) is 45.0 Å². The zero-order valence-electron chi connectivity index (χ0n) is 68.7. The van der Waals surface area contributed by atoms with Crippen molar-refractivity contribution in [1.29, 1.82) is 0 Å². The molecule has 26 heteroatoms. The lowest BCUT2D eigenvalue weighted by molar-refractivity contribution is -0.314. The van der Waals surface area contributed by atoms with E-state index < -0.39 is 60.9 Å². The molecular weight excluding hydrogens is 1540 g/mol. The van der Waals surface area contributed by atoms with E-state index in [1.807, 2.05) is 83.1 Å². The Bertz CT molecular complexity index is 4050. The molecule has 114 heavy (non-hydrogen) atoms. The number of carbonyl (C=O) groups excluding carboxylic acids is 4. The summed E-state index contributed by atoms with van der Waals surface area (Å²) in [5, 5.41) is 14.3. The molecule has 0 amide bonds. The Kier molecular flexibility index (Phi) is 28.0. The number of esters is 2. The van der Waals surface area contributed by atoms with Gasteiger partial charge in [-0.3, -0.25) is 19.2 Å². The number of ether oxygens (including phenoxy) is 14. The van der Waals surface area contributed by atoms with Gasteiger partial charge in [-0.05, 0) is 184 Å². The average molecular weight is 1660 g/mol. The van der Waals surface area contributed by atoms with Gasteiger partial charge in [0, 0.05) is 127 Å². The number of Topliss-reactive ketones (excluding diaryl/α,β-unsaturated/α-hetero) is 2. The Labute approximate surface area is 690 Å². The maximum Gasteiger partial charge on any atom is 0.306 e. The predicted octanol–water partition coefficient (Wildman–Crippen LogP) is 15.2. The second-order valence-electron chi connectivity index (χ2n) is 34.1. The number of nitrogens with zero attached hydrogens (tertiary/aromatic N) is 3. The van der Waals surface area contributed by atoms with E-state index in [1.165, 1.54) is 9.75 Å². The number of cyclic esters (lactones) is 2. The quantitative estimate of drug-likeness (QED) is 0.0965. The molecule has 0 bridgehead atoms. The molecule has 2 saturated carbocycles. The zero-order valence-corrected chi connectivity index (χ0v) is 71.8. The lowest BCUT2D eigenvalue weighted by atomic mass is 9.67. The molecule has 7 heterocycles. The normalized spacial score (nSPS) is 39.8. The summed E-state index contributed by atoms with van der Waals surface area (Å²) in [6, 6.07) is 15.8. The van der Waals surface area contributed by atoms with Crippen LogP contribution in [0.2, 0.25) is 10.0 Å². The first-order valence-electron chi connectivity index (χ1n) is 41.8. The molecule has 4 aromatic rings. The minimum Gasteiger partial charge on any atom is -0.462 e. The summed E-state index contributed by atoms with van der Waals surface area (Å²) >= 11 is 16.0. The minimum atomic E-state index is -0.770. The monoisotopic (exact) mass is 1660 g/mol.